The van der Waals surface area contributed by atoms with Crippen molar-refractivity contribution in [2.45, 2.75) is 38.6 Å². The van der Waals surface area contributed by atoms with Gasteiger partial charge < -0.3 is 19.7 Å². The number of hydrogen-bond acceptors (Lipinski definition) is 5. The number of carbonyl (C=O) groups excluding carboxylic acids is 2. The van der Waals surface area contributed by atoms with E-state index in [0.29, 0.717) is 11.3 Å². The molecule has 7 nitrogen and oxygen atoms in total. The van der Waals surface area contributed by atoms with Gasteiger partial charge in [-0.3, -0.25) is 9.59 Å². The molecule has 3 aromatic rings. The Labute approximate surface area is 199 Å². The van der Waals surface area contributed by atoms with Crippen LogP contribution in [0, 0.1) is 5.92 Å². The number of rotatable bonds is 9. The number of amides is 1. The first-order chi connectivity index (χ1) is 16.6. The summed E-state index contributed by atoms with van der Waals surface area (Å²) < 4.78 is 48.1. The zero-order valence-electron chi connectivity index (χ0n) is 18.9. The Bertz CT molecular complexity index is 1230. The summed E-state index contributed by atoms with van der Waals surface area (Å²) in [6.45, 7) is 0.0669. The van der Waals surface area contributed by atoms with Crippen molar-refractivity contribution < 1.29 is 32.6 Å². The fourth-order valence-corrected chi connectivity index (χ4v) is 3.60. The number of ether oxygens (including phenoxy) is 1. The molecule has 0 unspecified atom stereocenters. The van der Waals surface area contributed by atoms with Crippen LogP contribution in [-0.4, -0.2) is 26.3 Å². The van der Waals surface area contributed by atoms with Crippen molar-refractivity contribution in [1.29, 1.82) is 0 Å². The largest absolute Gasteiger partial charge is 0.506 e. The van der Waals surface area contributed by atoms with E-state index in [1.807, 2.05) is 0 Å². The summed E-state index contributed by atoms with van der Waals surface area (Å²) in [7, 11) is 1.76. The molecule has 1 aliphatic carbocycles. The third kappa shape index (κ3) is 6.00. The molecule has 1 aromatic heterocycles. The van der Waals surface area contributed by atoms with Crippen molar-refractivity contribution in [1.82, 2.24) is 14.9 Å². The molecule has 1 heterocycles. The molecular weight excluding hydrogens is 463 g/mol. The Balaban J connectivity index is 1.40. The van der Waals surface area contributed by atoms with Crippen LogP contribution in [0.2, 0.25) is 0 Å². The lowest BCUT2D eigenvalue weighted by Gasteiger charge is -2.17. The van der Waals surface area contributed by atoms with Crippen LogP contribution < -0.4 is 10.1 Å². The van der Waals surface area contributed by atoms with Gasteiger partial charge in [-0.05, 0) is 42.0 Å². The highest BCUT2D eigenvalue weighted by Crippen LogP contribution is 2.45. The van der Waals surface area contributed by atoms with E-state index in [1.54, 1.807) is 42.1 Å². The molecule has 0 saturated heterocycles. The molecule has 0 spiro atoms. The number of ketones is 1. The first-order valence-electron chi connectivity index (χ1n) is 11.0. The van der Waals surface area contributed by atoms with Gasteiger partial charge in [-0.1, -0.05) is 24.3 Å². The van der Waals surface area contributed by atoms with Crippen molar-refractivity contribution in [3.63, 3.8) is 0 Å². The summed E-state index contributed by atoms with van der Waals surface area (Å²) in [4.78, 5) is 28.3. The number of aryl methyl sites for hydroxylation is 1. The Kier molecular flexibility index (Phi) is 6.81. The maximum atomic E-state index is 13.7. The van der Waals surface area contributed by atoms with E-state index >= 15 is 0 Å². The van der Waals surface area contributed by atoms with Crippen molar-refractivity contribution in [2.24, 2.45) is 13.0 Å². The number of phenolic OH excluding ortho intramolecular Hbond substituents is 1. The summed E-state index contributed by atoms with van der Waals surface area (Å²) in [5.74, 6) is -2.30. The van der Waals surface area contributed by atoms with E-state index in [1.165, 1.54) is 12.4 Å². The maximum Gasteiger partial charge on any atom is 0.423 e. The van der Waals surface area contributed by atoms with Gasteiger partial charge in [0.25, 0.3) is 5.91 Å². The summed E-state index contributed by atoms with van der Waals surface area (Å²) in [5.41, 5.74) is -0.0281. The van der Waals surface area contributed by atoms with Gasteiger partial charge in [0.05, 0.1) is 11.9 Å². The van der Waals surface area contributed by atoms with Gasteiger partial charge in [0.1, 0.15) is 29.4 Å². The quantitative estimate of drug-likeness (QED) is 0.429. The van der Waals surface area contributed by atoms with Crippen LogP contribution >= 0.6 is 0 Å². The van der Waals surface area contributed by atoms with Crippen LogP contribution in [0.5, 0.6) is 11.5 Å². The average Bonchev–Trinajstić information content (AvgIpc) is 3.51. The number of aromatic hydroxyl groups is 1. The topological polar surface area (TPSA) is 93.5 Å². The van der Waals surface area contributed by atoms with E-state index in [0.717, 1.165) is 24.5 Å². The molecular formula is C25H24F3N3O4. The number of benzene rings is 2. The number of carbonyl (C=O) groups is 2. The summed E-state index contributed by atoms with van der Waals surface area (Å²) in [6.07, 6.45) is 0.0840. The molecule has 0 atom stereocenters. The second kappa shape index (κ2) is 9.81. The molecule has 4 rings (SSSR count). The van der Waals surface area contributed by atoms with E-state index in [-0.39, 0.29) is 37.0 Å². The minimum absolute atomic E-state index is 0.125. The molecule has 0 aliphatic heterocycles. The number of hydrogen-bond donors (Lipinski definition) is 2. The van der Waals surface area contributed by atoms with E-state index in [4.69, 9.17) is 4.74 Å². The second-order valence-corrected chi connectivity index (χ2v) is 8.62. The third-order valence-corrected chi connectivity index (χ3v) is 5.70. The summed E-state index contributed by atoms with van der Waals surface area (Å²) >= 11 is 0. The fraction of sp³-hybridized carbons (Fsp3) is 0.320. The normalized spacial score (nSPS) is 13.5. The maximum absolute atomic E-state index is 13.7. The van der Waals surface area contributed by atoms with Crippen molar-refractivity contribution >= 4 is 11.7 Å². The van der Waals surface area contributed by atoms with Gasteiger partial charge in [0.2, 0.25) is 0 Å². The minimum Gasteiger partial charge on any atom is -0.506 e. The SMILES string of the molecule is Cn1cnc(C(=O)NCc2ccc(COc3ccc(C(=O)CC4CC4)c(O)c3C(F)(F)F)cc2)c1. The van der Waals surface area contributed by atoms with Crippen LogP contribution in [-0.2, 0) is 26.4 Å². The second-order valence-electron chi connectivity index (χ2n) is 8.62. The number of phenols is 1. The number of nitrogens with one attached hydrogen (secondary N) is 1. The van der Waals surface area contributed by atoms with Crippen molar-refractivity contribution in [2.75, 3.05) is 0 Å². The highest BCUT2D eigenvalue weighted by molar-refractivity contribution is 5.99. The first kappa shape index (κ1) is 24.3. The van der Waals surface area contributed by atoms with Gasteiger partial charge in [0, 0.05) is 26.2 Å². The van der Waals surface area contributed by atoms with Crippen LogP contribution in [0.3, 0.4) is 0 Å². The lowest BCUT2D eigenvalue weighted by molar-refractivity contribution is -0.140. The molecule has 1 amide bonds. The molecule has 1 aliphatic rings. The summed E-state index contributed by atoms with van der Waals surface area (Å²) in [6, 6.07) is 9.03. The lowest BCUT2D eigenvalue weighted by atomic mass is 10.0. The standard InChI is InChI=1S/C25H24F3N3O4/c1-31-12-19(30-14-31)24(34)29-11-16-4-6-17(7-5-16)13-35-21-9-8-18(20(32)10-15-2-3-15)23(33)22(21)25(26,27)28/h4-9,12,14-15,33H,2-3,10-11,13H2,1H3,(H,29,34). The molecule has 35 heavy (non-hydrogen) atoms. The number of Topliss-reactive ketones (excluding diaryl/α,β-unsaturated/α-hetero) is 1. The van der Waals surface area contributed by atoms with Crippen molar-refractivity contribution in [3.05, 3.63) is 76.9 Å². The van der Waals surface area contributed by atoms with Crippen LogP contribution in [0.1, 0.15) is 56.8 Å². The van der Waals surface area contributed by atoms with E-state index in [9.17, 15) is 27.9 Å². The highest BCUT2D eigenvalue weighted by Gasteiger charge is 2.40. The zero-order chi connectivity index (χ0) is 25.2. The molecule has 1 saturated carbocycles. The van der Waals surface area contributed by atoms with Crippen molar-refractivity contribution in [3.8, 4) is 11.5 Å². The number of aromatic nitrogens is 2. The van der Waals surface area contributed by atoms with Gasteiger partial charge in [0.15, 0.2) is 5.78 Å². The predicted octanol–water partition coefficient (Wildman–Crippen LogP) is 4.64. The third-order valence-electron chi connectivity index (χ3n) is 5.70. The van der Waals surface area contributed by atoms with E-state index in [2.05, 4.69) is 10.3 Å². The molecule has 10 heteroatoms. The lowest BCUT2D eigenvalue weighted by Crippen LogP contribution is -2.23. The number of nitrogens with zero attached hydrogens (tertiary/aromatic N) is 2. The van der Waals surface area contributed by atoms with Gasteiger partial charge >= 0.3 is 6.18 Å². The molecule has 2 aromatic carbocycles. The minimum atomic E-state index is -4.90. The average molecular weight is 487 g/mol. The zero-order valence-corrected chi connectivity index (χ0v) is 18.9. The highest BCUT2D eigenvalue weighted by atomic mass is 19.4. The first-order valence-corrected chi connectivity index (χ1v) is 11.0. The molecule has 0 bridgehead atoms. The Morgan fingerprint density at radius 3 is 2.43 bits per heavy atom. The number of alkyl halides is 3. The van der Waals surface area contributed by atoms with Crippen LogP contribution in [0.4, 0.5) is 13.2 Å². The Morgan fingerprint density at radius 1 is 1.14 bits per heavy atom. The molecule has 0 radical (unpaired) electrons. The molecule has 184 valence electrons. The number of imidazole rings is 1. The number of halogens is 3. The monoisotopic (exact) mass is 487 g/mol. The predicted molar refractivity (Wildman–Crippen MR) is 120 cm³/mol. The Hall–Kier alpha value is -3.82. The molecule has 2 N–H and O–H groups in total. The van der Waals surface area contributed by atoms with Crippen LogP contribution in [0.15, 0.2) is 48.9 Å². The van der Waals surface area contributed by atoms with Gasteiger partial charge in [-0.25, -0.2) is 4.98 Å². The Morgan fingerprint density at radius 2 is 1.83 bits per heavy atom. The van der Waals surface area contributed by atoms with Gasteiger partial charge in [-0.15, -0.1) is 0 Å². The van der Waals surface area contributed by atoms with E-state index < -0.39 is 29.0 Å². The van der Waals surface area contributed by atoms with Crippen LogP contribution in [0.25, 0.3) is 0 Å². The molecule has 1 fully saturated rings. The smallest absolute Gasteiger partial charge is 0.423 e. The van der Waals surface area contributed by atoms with Gasteiger partial charge in [-0.2, -0.15) is 13.2 Å². The fourth-order valence-electron chi connectivity index (χ4n) is 3.60. The summed E-state index contributed by atoms with van der Waals surface area (Å²) in [5, 5.41) is 13.0.